The molecule has 4 nitrogen and oxygen atoms in total. The third kappa shape index (κ3) is 1.81. The van der Waals surface area contributed by atoms with Crippen LogP contribution in [0.4, 0.5) is 5.69 Å². The largest absolute Gasteiger partial charge is 0.481 e. The fourth-order valence-corrected chi connectivity index (χ4v) is 0.702. The highest BCUT2D eigenvalue weighted by Gasteiger charge is 1.95. The second-order valence-electron chi connectivity index (χ2n) is 2.17. The fraction of sp³-hybridized carbons (Fsp3) is 0.286. The first-order valence-corrected chi connectivity index (χ1v) is 3.22. The minimum absolute atomic E-state index is 0.593. The van der Waals surface area contributed by atoms with Crippen molar-refractivity contribution in [2.45, 2.75) is 0 Å². The van der Waals surface area contributed by atoms with Crippen LogP contribution in [0.2, 0.25) is 0 Å². The van der Waals surface area contributed by atoms with Crippen molar-refractivity contribution in [3.8, 4) is 5.88 Å². The third-order valence-corrected chi connectivity index (χ3v) is 1.34. The number of ether oxygens (including phenoxy) is 1. The van der Waals surface area contributed by atoms with Gasteiger partial charge in [0.1, 0.15) is 0 Å². The van der Waals surface area contributed by atoms with Crippen molar-refractivity contribution in [2.24, 2.45) is 5.84 Å². The smallest absolute Gasteiger partial charge is 0.213 e. The zero-order chi connectivity index (χ0) is 8.27. The van der Waals surface area contributed by atoms with Gasteiger partial charge in [0, 0.05) is 13.1 Å². The van der Waals surface area contributed by atoms with Crippen molar-refractivity contribution in [2.75, 3.05) is 19.2 Å². The molecule has 0 unspecified atom stereocenters. The first-order chi connectivity index (χ1) is 5.24. The predicted molar refractivity (Wildman–Crippen MR) is 43.4 cm³/mol. The van der Waals surface area contributed by atoms with Crippen LogP contribution in [0.15, 0.2) is 18.3 Å². The summed E-state index contributed by atoms with van der Waals surface area (Å²) in [6.07, 6.45) is 1.65. The van der Waals surface area contributed by atoms with Gasteiger partial charge in [0.25, 0.3) is 0 Å². The highest BCUT2D eigenvalue weighted by Crippen LogP contribution is 2.11. The molecule has 60 valence electrons. The van der Waals surface area contributed by atoms with E-state index in [1.165, 1.54) is 5.01 Å². The molecule has 0 spiro atoms. The average molecular weight is 153 g/mol. The Morgan fingerprint density at radius 2 is 2.27 bits per heavy atom. The number of hydrogen-bond donors (Lipinski definition) is 1. The molecule has 1 heterocycles. The van der Waals surface area contributed by atoms with Gasteiger partial charge in [-0.3, -0.25) is 0 Å². The Hall–Kier alpha value is -1.29. The second-order valence-corrected chi connectivity index (χ2v) is 2.17. The standard InChI is InChI=1S/C7H11N3O/c1-10(8)6-3-4-7(11-2)9-5-6/h3-5H,8H2,1-2H3. The molecule has 0 radical (unpaired) electrons. The minimum Gasteiger partial charge on any atom is -0.481 e. The lowest BCUT2D eigenvalue weighted by atomic mass is 10.4. The van der Waals surface area contributed by atoms with Crippen LogP contribution in [0.3, 0.4) is 0 Å². The Labute approximate surface area is 65.6 Å². The molecule has 0 atom stereocenters. The van der Waals surface area contributed by atoms with E-state index in [9.17, 15) is 0 Å². The first kappa shape index (κ1) is 7.81. The fourth-order valence-electron chi connectivity index (χ4n) is 0.702. The number of hydrazine groups is 1. The Kier molecular flexibility index (Phi) is 2.28. The summed E-state index contributed by atoms with van der Waals surface area (Å²) in [5, 5.41) is 1.49. The van der Waals surface area contributed by atoms with E-state index in [1.54, 1.807) is 26.4 Å². The van der Waals surface area contributed by atoms with Crippen LogP contribution in [0.25, 0.3) is 0 Å². The summed E-state index contributed by atoms with van der Waals surface area (Å²) >= 11 is 0. The van der Waals surface area contributed by atoms with Gasteiger partial charge in [0.15, 0.2) is 0 Å². The first-order valence-electron chi connectivity index (χ1n) is 3.22. The average Bonchev–Trinajstić information content (AvgIpc) is 2.05. The van der Waals surface area contributed by atoms with Gasteiger partial charge in [-0.2, -0.15) is 0 Å². The molecular weight excluding hydrogens is 142 g/mol. The Bertz CT molecular complexity index is 220. The Morgan fingerprint density at radius 3 is 2.64 bits per heavy atom. The number of anilines is 1. The van der Waals surface area contributed by atoms with Crippen LogP contribution in [-0.2, 0) is 0 Å². The van der Waals surface area contributed by atoms with Crippen LogP contribution in [0.1, 0.15) is 0 Å². The van der Waals surface area contributed by atoms with E-state index in [0.717, 1.165) is 5.69 Å². The van der Waals surface area contributed by atoms with E-state index in [-0.39, 0.29) is 0 Å². The van der Waals surface area contributed by atoms with Gasteiger partial charge in [-0.05, 0) is 6.07 Å². The summed E-state index contributed by atoms with van der Waals surface area (Å²) in [6.45, 7) is 0. The molecule has 0 bridgehead atoms. The Morgan fingerprint density at radius 1 is 1.55 bits per heavy atom. The monoisotopic (exact) mass is 153 g/mol. The summed E-state index contributed by atoms with van der Waals surface area (Å²) in [4.78, 5) is 3.97. The molecule has 0 saturated carbocycles. The Balaban J connectivity index is 2.83. The number of methoxy groups -OCH3 is 1. The maximum Gasteiger partial charge on any atom is 0.213 e. The number of pyridine rings is 1. The molecule has 1 rings (SSSR count). The summed E-state index contributed by atoms with van der Waals surface area (Å²) in [5.74, 6) is 6.05. The highest BCUT2D eigenvalue weighted by atomic mass is 16.5. The van der Waals surface area contributed by atoms with Crippen molar-refractivity contribution >= 4 is 5.69 Å². The van der Waals surface area contributed by atoms with Crippen LogP contribution in [-0.4, -0.2) is 19.1 Å². The van der Waals surface area contributed by atoms with Gasteiger partial charge in [-0.25, -0.2) is 10.8 Å². The van der Waals surface area contributed by atoms with Gasteiger partial charge >= 0.3 is 0 Å². The van der Waals surface area contributed by atoms with Crippen molar-refractivity contribution in [1.82, 2.24) is 4.98 Å². The second kappa shape index (κ2) is 3.21. The molecule has 0 amide bonds. The molecule has 0 aromatic carbocycles. The van der Waals surface area contributed by atoms with Crippen molar-refractivity contribution in [3.63, 3.8) is 0 Å². The van der Waals surface area contributed by atoms with Gasteiger partial charge < -0.3 is 9.75 Å². The number of nitrogens with zero attached hydrogens (tertiary/aromatic N) is 2. The van der Waals surface area contributed by atoms with Gasteiger partial charge in [0.2, 0.25) is 5.88 Å². The quantitative estimate of drug-likeness (QED) is 0.493. The molecule has 0 aliphatic heterocycles. The van der Waals surface area contributed by atoms with Gasteiger partial charge in [-0.1, -0.05) is 0 Å². The maximum atomic E-state index is 5.46. The normalized spacial score (nSPS) is 9.36. The topological polar surface area (TPSA) is 51.4 Å². The molecule has 0 fully saturated rings. The molecule has 1 aromatic rings. The number of nitrogens with two attached hydrogens (primary N) is 1. The van der Waals surface area contributed by atoms with E-state index in [4.69, 9.17) is 10.6 Å². The number of aromatic nitrogens is 1. The summed E-state index contributed by atoms with van der Waals surface area (Å²) in [6, 6.07) is 3.60. The molecule has 0 saturated heterocycles. The molecule has 0 aliphatic carbocycles. The minimum atomic E-state index is 0.593. The van der Waals surface area contributed by atoms with Crippen LogP contribution in [0.5, 0.6) is 5.88 Å². The zero-order valence-corrected chi connectivity index (χ0v) is 6.61. The van der Waals surface area contributed by atoms with Crippen molar-refractivity contribution in [3.05, 3.63) is 18.3 Å². The lowest BCUT2D eigenvalue weighted by molar-refractivity contribution is 0.398. The van der Waals surface area contributed by atoms with Crippen LogP contribution < -0.4 is 15.6 Å². The maximum absolute atomic E-state index is 5.46. The predicted octanol–water partition coefficient (Wildman–Crippen LogP) is 0.400. The van der Waals surface area contributed by atoms with Crippen LogP contribution >= 0.6 is 0 Å². The van der Waals surface area contributed by atoms with Crippen molar-refractivity contribution in [1.29, 1.82) is 0 Å². The van der Waals surface area contributed by atoms with E-state index in [2.05, 4.69) is 4.98 Å². The van der Waals surface area contributed by atoms with Gasteiger partial charge in [0.05, 0.1) is 19.0 Å². The van der Waals surface area contributed by atoms with E-state index in [0.29, 0.717) is 5.88 Å². The van der Waals surface area contributed by atoms with Crippen LogP contribution in [0, 0.1) is 0 Å². The SMILES string of the molecule is COc1ccc(N(C)N)cn1. The van der Waals surface area contributed by atoms with Crippen molar-refractivity contribution < 1.29 is 4.74 Å². The molecule has 4 heteroatoms. The van der Waals surface area contributed by atoms with Gasteiger partial charge in [-0.15, -0.1) is 0 Å². The molecule has 11 heavy (non-hydrogen) atoms. The van der Waals surface area contributed by atoms with E-state index < -0.39 is 0 Å². The lowest BCUT2D eigenvalue weighted by Gasteiger charge is -2.10. The number of hydrogen-bond acceptors (Lipinski definition) is 4. The lowest BCUT2D eigenvalue weighted by Crippen LogP contribution is -2.24. The highest BCUT2D eigenvalue weighted by molar-refractivity contribution is 5.42. The third-order valence-electron chi connectivity index (χ3n) is 1.34. The van der Waals surface area contributed by atoms with E-state index in [1.807, 2.05) is 6.07 Å². The molecular formula is C7H11N3O. The summed E-state index contributed by atoms with van der Waals surface area (Å²) in [5.41, 5.74) is 0.853. The molecule has 0 aliphatic rings. The summed E-state index contributed by atoms with van der Waals surface area (Å²) < 4.78 is 4.88. The molecule has 2 N–H and O–H groups in total. The molecule has 1 aromatic heterocycles. The van der Waals surface area contributed by atoms with E-state index >= 15 is 0 Å². The zero-order valence-electron chi connectivity index (χ0n) is 6.61. The number of rotatable bonds is 2. The summed E-state index contributed by atoms with van der Waals surface area (Å²) in [7, 11) is 3.33.